The van der Waals surface area contributed by atoms with Gasteiger partial charge in [0.1, 0.15) is 0 Å². The lowest BCUT2D eigenvalue weighted by molar-refractivity contribution is 0.0917. The third-order valence-electron chi connectivity index (χ3n) is 1.22. The Hall–Kier alpha value is -0.0151. The zero-order valence-corrected chi connectivity index (χ0v) is 5.04. The Balaban J connectivity index is 3.35. The van der Waals surface area contributed by atoms with Crippen molar-refractivity contribution < 1.29 is 10.2 Å². The van der Waals surface area contributed by atoms with Crippen LogP contribution in [0.2, 0.25) is 6.32 Å². The summed E-state index contributed by atoms with van der Waals surface area (Å²) < 4.78 is 0. The van der Waals surface area contributed by atoms with Crippen LogP contribution in [0.5, 0.6) is 0 Å². The first-order valence-corrected chi connectivity index (χ1v) is 2.71. The minimum atomic E-state index is -0.495. The first-order valence-electron chi connectivity index (χ1n) is 2.71. The van der Waals surface area contributed by atoms with Crippen LogP contribution >= 0.6 is 0 Å². The molecular weight excluding hydrogens is 103 g/mol. The summed E-state index contributed by atoms with van der Waals surface area (Å²) in [5.41, 5.74) is 0. The van der Waals surface area contributed by atoms with E-state index in [-0.39, 0.29) is 12.5 Å². The van der Waals surface area contributed by atoms with Gasteiger partial charge in [0.15, 0.2) is 0 Å². The third-order valence-corrected chi connectivity index (χ3v) is 1.22. The van der Waals surface area contributed by atoms with Crippen molar-refractivity contribution in [2.24, 2.45) is 5.92 Å². The third kappa shape index (κ3) is 2.33. The van der Waals surface area contributed by atoms with Crippen LogP contribution < -0.4 is 0 Å². The Morgan fingerprint density at radius 1 is 1.62 bits per heavy atom. The molecule has 2 radical (unpaired) electrons. The minimum absolute atomic E-state index is 0.0336. The van der Waals surface area contributed by atoms with Gasteiger partial charge in [-0.25, -0.2) is 0 Å². The van der Waals surface area contributed by atoms with E-state index < -0.39 is 6.10 Å². The highest BCUT2D eigenvalue weighted by atomic mass is 16.3. The SMILES string of the molecule is [B]C[C@H](CO)[C@H](C)O. The molecular formula is C5H11BO2. The first kappa shape index (κ1) is 7.98. The zero-order chi connectivity index (χ0) is 6.57. The Morgan fingerprint density at radius 2 is 2.12 bits per heavy atom. The molecule has 46 valence electrons. The second-order valence-corrected chi connectivity index (χ2v) is 1.92. The van der Waals surface area contributed by atoms with E-state index in [1.807, 2.05) is 0 Å². The Labute approximate surface area is 50.9 Å². The molecule has 0 amide bonds. The van der Waals surface area contributed by atoms with Crippen LogP contribution in [0.4, 0.5) is 0 Å². The smallest absolute Gasteiger partial charge is 0.0659 e. The molecule has 2 atom stereocenters. The van der Waals surface area contributed by atoms with Crippen molar-refractivity contribution in [3.63, 3.8) is 0 Å². The largest absolute Gasteiger partial charge is 0.396 e. The molecule has 8 heavy (non-hydrogen) atoms. The van der Waals surface area contributed by atoms with Crippen LogP contribution in [0, 0.1) is 5.92 Å². The normalized spacial score (nSPS) is 17.9. The Morgan fingerprint density at radius 3 is 2.12 bits per heavy atom. The molecule has 0 aromatic heterocycles. The van der Waals surface area contributed by atoms with Gasteiger partial charge >= 0.3 is 0 Å². The van der Waals surface area contributed by atoms with Gasteiger partial charge in [-0.1, -0.05) is 6.32 Å². The monoisotopic (exact) mass is 114 g/mol. The van der Waals surface area contributed by atoms with E-state index in [2.05, 4.69) is 0 Å². The molecule has 2 N–H and O–H groups in total. The average Bonchev–Trinajstić information content (AvgIpc) is 1.69. The highest BCUT2D eigenvalue weighted by molar-refractivity contribution is 6.08. The topological polar surface area (TPSA) is 40.5 Å². The van der Waals surface area contributed by atoms with Crippen LogP contribution in [0.3, 0.4) is 0 Å². The van der Waals surface area contributed by atoms with Gasteiger partial charge in [-0.3, -0.25) is 0 Å². The molecule has 2 nitrogen and oxygen atoms in total. The zero-order valence-electron chi connectivity index (χ0n) is 5.04. The second kappa shape index (κ2) is 3.92. The number of hydrogen-bond donors (Lipinski definition) is 2. The molecule has 0 heterocycles. The summed E-state index contributed by atoms with van der Waals surface area (Å²) in [6.45, 7) is 1.59. The summed E-state index contributed by atoms with van der Waals surface area (Å²) in [6, 6.07) is 0. The van der Waals surface area contributed by atoms with Crippen molar-refractivity contribution in [2.75, 3.05) is 6.61 Å². The van der Waals surface area contributed by atoms with Crippen LogP contribution in [-0.4, -0.2) is 30.8 Å². The van der Waals surface area contributed by atoms with Crippen molar-refractivity contribution in [3.05, 3.63) is 0 Å². The highest BCUT2D eigenvalue weighted by Gasteiger charge is 2.09. The van der Waals surface area contributed by atoms with E-state index in [1.54, 1.807) is 6.92 Å². The van der Waals surface area contributed by atoms with Gasteiger partial charge in [-0.2, -0.15) is 0 Å². The summed E-state index contributed by atoms with van der Waals surface area (Å²) >= 11 is 0. The van der Waals surface area contributed by atoms with Crippen molar-refractivity contribution in [2.45, 2.75) is 19.3 Å². The fourth-order valence-corrected chi connectivity index (χ4v) is 0.424. The summed E-state index contributed by atoms with van der Waals surface area (Å²) in [5.74, 6) is -0.157. The molecule has 0 aliphatic rings. The van der Waals surface area contributed by atoms with Crippen molar-refractivity contribution in [3.8, 4) is 0 Å². The predicted molar refractivity (Wildman–Crippen MR) is 32.8 cm³/mol. The van der Waals surface area contributed by atoms with Crippen LogP contribution in [-0.2, 0) is 0 Å². The maximum Gasteiger partial charge on any atom is 0.0659 e. The van der Waals surface area contributed by atoms with Gasteiger partial charge < -0.3 is 10.2 Å². The maximum atomic E-state index is 8.77. The quantitative estimate of drug-likeness (QED) is 0.488. The molecule has 0 unspecified atom stereocenters. The number of aliphatic hydroxyl groups is 2. The fourth-order valence-electron chi connectivity index (χ4n) is 0.424. The van der Waals surface area contributed by atoms with Gasteiger partial charge in [-0.15, -0.1) is 0 Å². The second-order valence-electron chi connectivity index (χ2n) is 1.92. The summed E-state index contributed by atoms with van der Waals surface area (Å²) in [6.07, 6.45) is -0.154. The molecule has 0 aliphatic heterocycles. The standard InChI is InChI=1S/C5H11BO2/c1-4(8)5(2-6)3-7/h4-5,7-8H,2-3H2,1H3/t4-,5+/m0/s1. The van der Waals surface area contributed by atoms with E-state index in [0.717, 1.165) is 0 Å². The molecule has 0 spiro atoms. The lowest BCUT2D eigenvalue weighted by Crippen LogP contribution is -2.19. The van der Waals surface area contributed by atoms with Gasteiger partial charge in [-0.05, 0) is 6.92 Å². The Kier molecular flexibility index (Phi) is 3.92. The van der Waals surface area contributed by atoms with Gasteiger partial charge in [0.05, 0.1) is 14.0 Å². The first-order chi connectivity index (χ1) is 3.72. The number of aliphatic hydroxyl groups excluding tert-OH is 2. The van der Waals surface area contributed by atoms with Gasteiger partial charge in [0.25, 0.3) is 0 Å². The molecule has 3 heteroatoms. The summed E-state index contributed by atoms with van der Waals surface area (Å²) in [5, 5.41) is 17.2. The minimum Gasteiger partial charge on any atom is -0.396 e. The molecule has 0 saturated heterocycles. The molecule has 0 aromatic rings. The average molecular weight is 114 g/mol. The molecule has 0 fully saturated rings. The van der Waals surface area contributed by atoms with E-state index in [9.17, 15) is 0 Å². The van der Waals surface area contributed by atoms with E-state index >= 15 is 0 Å². The molecule has 0 bridgehead atoms. The molecule has 0 saturated carbocycles. The number of hydrogen-bond acceptors (Lipinski definition) is 2. The van der Waals surface area contributed by atoms with Crippen LogP contribution in [0.25, 0.3) is 0 Å². The Bertz CT molecular complexity index is 52.4. The molecule has 0 aliphatic carbocycles. The highest BCUT2D eigenvalue weighted by Crippen LogP contribution is 2.04. The van der Waals surface area contributed by atoms with E-state index in [0.29, 0.717) is 6.32 Å². The van der Waals surface area contributed by atoms with Gasteiger partial charge in [0, 0.05) is 12.5 Å². The van der Waals surface area contributed by atoms with Crippen LogP contribution in [0.1, 0.15) is 6.92 Å². The molecule has 0 aromatic carbocycles. The number of rotatable bonds is 3. The van der Waals surface area contributed by atoms with E-state index in [1.165, 1.54) is 0 Å². The lowest BCUT2D eigenvalue weighted by Gasteiger charge is -2.13. The fraction of sp³-hybridized carbons (Fsp3) is 1.00. The summed E-state index contributed by atoms with van der Waals surface area (Å²) in [4.78, 5) is 0. The predicted octanol–water partition coefficient (Wildman–Crippen LogP) is -0.438. The maximum absolute atomic E-state index is 8.77. The summed E-state index contributed by atoms with van der Waals surface area (Å²) in [7, 11) is 5.16. The van der Waals surface area contributed by atoms with E-state index in [4.69, 9.17) is 18.1 Å². The van der Waals surface area contributed by atoms with Crippen LogP contribution in [0.15, 0.2) is 0 Å². The van der Waals surface area contributed by atoms with Crippen molar-refractivity contribution >= 4 is 7.85 Å². The van der Waals surface area contributed by atoms with Crippen molar-refractivity contribution in [1.29, 1.82) is 0 Å². The molecule has 0 rings (SSSR count). The lowest BCUT2D eigenvalue weighted by atomic mass is 9.88. The van der Waals surface area contributed by atoms with Crippen molar-refractivity contribution in [1.82, 2.24) is 0 Å². The van der Waals surface area contributed by atoms with Gasteiger partial charge in [0.2, 0.25) is 0 Å².